The molecule has 0 fully saturated rings. The van der Waals surface area contributed by atoms with Crippen molar-refractivity contribution in [3.63, 3.8) is 0 Å². The molecule has 0 atom stereocenters. The van der Waals surface area contributed by atoms with Gasteiger partial charge in [-0.05, 0) is 43.0 Å². The van der Waals surface area contributed by atoms with E-state index in [-0.39, 0.29) is 10.7 Å². The fourth-order valence-electron chi connectivity index (χ4n) is 2.61. The van der Waals surface area contributed by atoms with Crippen molar-refractivity contribution in [2.45, 2.75) is 24.3 Å². The van der Waals surface area contributed by atoms with Gasteiger partial charge in [-0.25, -0.2) is 13.2 Å². The Balaban J connectivity index is 2.10. The number of hydrogen-bond donors (Lipinski definition) is 0. The zero-order valence-electron chi connectivity index (χ0n) is 13.7. The van der Waals surface area contributed by atoms with E-state index < -0.39 is 21.4 Å². The number of sulfone groups is 1. The van der Waals surface area contributed by atoms with Gasteiger partial charge in [-0.2, -0.15) is 0 Å². The Hall–Kier alpha value is -1.83. The van der Waals surface area contributed by atoms with Gasteiger partial charge in [0.15, 0.2) is 15.6 Å². The number of rotatable bonds is 4. The summed E-state index contributed by atoms with van der Waals surface area (Å²) in [4.78, 5) is 12.5. The maximum atomic E-state index is 12.3. The largest absolute Gasteiger partial charge is 0.449 e. The van der Waals surface area contributed by atoms with Crippen molar-refractivity contribution < 1.29 is 22.7 Å². The average molecular weight is 399 g/mol. The van der Waals surface area contributed by atoms with E-state index >= 15 is 0 Å². The standard InChI is InChI=1S/C17H15ClO5S2/c1-17(2)13(10-4-6-11(7-5-10)25(3,20)21)14(16(19)23-17)22-12-8-9-24-15(12)18/h4-9H,1-3H3. The molecule has 132 valence electrons. The second-order valence-corrected chi connectivity index (χ2v) is 9.60. The molecular weight excluding hydrogens is 384 g/mol. The molecule has 25 heavy (non-hydrogen) atoms. The highest BCUT2D eigenvalue weighted by Gasteiger charge is 2.43. The minimum Gasteiger partial charge on any atom is -0.449 e. The molecule has 2 heterocycles. The number of carbonyl (C=O) groups excluding carboxylic acids is 1. The Kier molecular flexibility index (Phi) is 4.43. The van der Waals surface area contributed by atoms with Crippen LogP contribution >= 0.6 is 22.9 Å². The molecule has 1 aliphatic heterocycles. The van der Waals surface area contributed by atoms with Gasteiger partial charge in [-0.15, -0.1) is 11.3 Å². The van der Waals surface area contributed by atoms with E-state index in [4.69, 9.17) is 21.1 Å². The molecule has 0 radical (unpaired) electrons. The van der Waals surface area contributed by atoms with E-state index in [9.17, 15) is 13.2 Å². The molecule has 1 aliphatic rings. The number of carbonyl (C=O) groups is 1. The Bertz CT molecular complexity index is 969. The van der Waals surface area contributed by atoms with Gasteiger partial charge in [-0.3, -0.25) is 0 Å². The number of thiophene rings is 1. The molecule has 0 N–H and O–H groups in total. The fraction of sp³-hybridized carbons (Fsp3) is 0.235. The molecule has 0 saturated heterocycles. The first-order chi connectivity index (χ1) is 11.6. The number of esters is 1. The molecule has 0 unspecified atom stereocenters. The van der Waals surface area contributed by atoms with Gasteiger partial charge in [0.2, 0.25) is 5.76 Å². The van der Waals surface area contributed by atoms with Crippen LogP contribution in [-0.4, -0.2) is 26.2 Å². The molecule has 1 aromatic heterocycles. The van der Waals surface area contributed by atoms with Crippen LogP contribution in [0, 0.1) is 0 Å². The smallest absolute Gasteiger partial charge is 0.375 e. The third-order valence-electron chi connectivity index (χ3n) is 3.73. The van der Waals surface area contributed by atoms with Crippen LogP contribution in [0.1, 0.15) is 19.4 Å². The lowest BCUT2D eigenvalue weighted by Gasteiger charge is -2.21. The first-order valence-corrected chi connectivity index (χ1v) is 10.4. The molecule has 3 rings (SSSR count). The third kappa shape index (κ3) is 3.44. The van der Waals surface area contributed by atoms with Crippen molar-refractivity contribution >= 4 is 44.3 Å². The van der Waals surface area contributed by atoms with Crippen molar-refractivity contribution in [1.29, 1.82) is 0 Å². The number of hydrogen-bond acceptors (Lipinski definition) is 6. The van der Waals surface area contributed by atoms with Crippen LogP contribution in [0.3, 0.4) is 0 Å². The average Bonchev–Trinajstić information content (AvgIpc) is 2.99. The molecule has 1 aromatic carbocycles. The molecule has 5 nitrogen and oxygen atoms in total. The molecular formula is C17H15ClO5S2. The molecule has 0 amide bonds. The van der Waals surface area contributed by atoms with Gasteiger partial charge in [0.25, 0.3) is 0 Å². The summed E-state index contributed by atoms with van der Waals surface area (Å²) in [6.07, 6.45) is 1.14. The molecule has 2 aromatic rings. The summed E-state index contributed by atoms with van der Waals surface area (Å²) in [6, 6.07) is 7.92. The highest BCUT2D eigenvalue weighted by Crippen LogP contribution is 2.42. The maximum Gasteiger partial charge on any atom is 0.375 e. The summed E-state index contributed by atoms with van der Waals surface area (Å²) in [5.41, 5.74) is 0.269. The maximum absolute atomic E-state index is 12.3. The number of halogens is 1. The van der Waals surface area contributed by atoms with Crippen LogP contribution in [0.5, 0.6) is 5.75 Å². The van der Waals surface area contributed by atoms with Crippen molar-refractivity contribution in [2.75, 3.05) is 6.26 Å². The second-order valence-electron chi connectivity index (χ2n) is 6.06. The Morgan fingerprint density at radius 2 is 1.80 bits per heavy atom. The molecule has 0 bridgehead atoms. The van der Waals surface area contributed by atoms with Gasteiger partial charge in [0, 0.05) is 6.26 Å². The van der Waals surface area contributed by atoms with Crippen molar-refractivity contribution in [1.82, 2.24) is 0 Å². The van der Waals surface area contributed by atoms with E-state index in [0.717, 1.165) is 6.26 Å². The lowest BCUT2D eigenvalue weighted by atomic mass is 9.92. The van der Waals surface area contributed by atoms with Crippen molar-refractivity contribution in [2.24, 2.45) is 0 Å². The summed E-state index contributed by atoms with van der Waals surface area (Å²) in [5, 5.41) is 1.75. The lowest BCUT2D eigenvalue weighted by molar-refractivity contribution is -0.145. The number of benzene rings is 1. The first kappa shape index (κ1) is 18.0. The molecule has 8 heteroatoms. The minimum absolute atomic E-state index is 0.0532. The molecule has 0 spiro atoms. The number of ether oxygens (including phenoxy) is 2. The highest BCUT2D eigenvalue weighted by molar-refractivity contribution is 7.90. The second kappa shape index (κ2) is 6.16. The molecule has 0 aliphatic carbocycles. The van der Waals surface area contributed by atoms with Gasteiger partial charge in [-0.1, -0.05) is 23.7 Å². The Morgan fingerprint density at radius 1 is 1.16 bits per heavy atom. The summed E-state index contributed by atoms with van der Waals surface area (Å²) >= 11 is 7.34. The zero-order valence-corrected chi connectivity index (χ0v) is 16.1. The van der Waals surface area contributed by atoms with Crippen molar-refractivity contribution in [3.05, 3.63) is 51.4 Å². The van der Waals surface area contributed by atoms with E-state index in [1.165, 1.54) is 23.5 Å². The lowest BCUT2D eigenvalue weighted by Crippen LogP contribution is -2.22. The van der Waals surface area contributed by atoms with Crippen LogP contribution in [0.2, 0.25) is 4.34 Å². The van der Waals surface area contributed by atoms with E-state index in [0.29, 0.717) is 21.2 Å². The summed E-state index contributed by atoms with van der Waals surface area (Å²) < 4.78 is 34.8. The van der Waals surface area contributed by atoms with Crippen LogP contribution in [-0.2, 0) is 19.4 Å². The van der Waals surface area contributed by atoms with Crippen molar-refractivity contribution in [3.8, 4) is 5.75 Å². The van der Waals surface area contributed by atoms with E-state index in [2.05, 4.69) is 0 Å². The third-order valence-corrected chi connectivity index (χ3v) is 5.99. The quantitative estimate of drug-likeness (QED) is 0.730. The summed E-state index contributed by atoms with van der Waals surface area (Å²) in [6.45, 7) is 3.49. The van der Waals surface area contributed by atoms with Gasteiger partial charge < -0.3 is 9.47 Å². The van der Waals surface area contributed by atoms with Gasteiger partial charge >= 0.3 is 5.97 Å². The van der Waals surface area contributed by atoms with E-state index in [1.54, 1.807) is 37.4 Å². The predicted octanol–water partition coefficient (Wildman–Crippen LogP) is 3.93. The highest BCUT2D eigenvalue weighted by atomic mass is 35.5. The van der Waals surface area contributed by atoms with E-state index in [1.807, 2.05) is 0 Å². The monoisotopic (exact) mass is 398 g/mol. The Morgan fingerprint density at radius 3 is 2.32 bits per heavy atom. The Labute approximate surface area is 154 Å². The first-order valence-electron chi connectivity index (χ1n) is 7.29. The predicted molar refractivity (Wildman–Crippen MR) is 96.6 cm³/mol. The number of cyclic esters (lactones) is 1. The van der Waals surface area contributed by atoms with Crippen LogP contribution in [0.4, 0.5) is 0 Å². The minimum atomic E-state index is -3.30. The van der Waals surface area contributed by atoms with Gasteiger partial charge in [0.1, 0.15) is 9.94 Å². The fourth-order valence-corrected chi connectivity index (χ4v) is 4.03. The SMILES string of the molecule is CC1(C)OC(=O)C(Oc2ccsc2Cl)=C1c1ccc(S(C)(=O)=O)cc1. The summed E-state index contributed by atoms with van der Waals surface area (Å²) in [7, 11) is -3.30. The zero-order chi connectivity index (χ0) is 18.4. The topological polar surface area (TPSA) is 69.7 Å². The summed E-state index contributed by atoms with van der Waals surface area (Å²) in [5.74, 6) is -0.159. The molecule has 0 saturated carbocycles. The normalized spacial score (nSPS) is 16.9. The van der Waals surface area contributed by atoms with Crippen LogP contribution in [0.25, 0.3) is 5.57 Å². The van der Waals surface area contributed by atoms with Crippen LogP contribution in [0.15, 0.2) is 46.4 Å². The van der Waals surface area contributed by atoms with Crippen LogP contribution < -0.4 is 4.74 Å². The van der Waals surface area contributed by atoms with Gasteiger partial charge in [0.05, 0.1) is 10.5 Å².